The SMILES string of the molecule is CC1CCNC1C(=O)NCCCC(N)=O. The van der Waals surface area contributed by atoms with Crippen molar-refractivity contribution in [3.05, 3.63) is 0 Å². The quantitative estimate of drug-likeness (QED) is 0.531. The zero-order valence-corrected chi connectivity index (χ0v) is 9.08. The van der Waals surface area contributed by atoms with E-state index in [9.17, 15) is 9.59 Å². The Balaban J connectivity index is 2.15. The highest BCUT2D eigenvalue weighted by atomic mass is 16.2. The molecule has 86 valence electrons. The van der Waals surface area contributed by atoms with Crippen LogP contribution in [0.1, 0.15) is 26.2 Å². The molecule has 0 spiro atoms. The highest BCUT2D eigenvalue weighted by Crippen LogP contribution is 2.13. The van der Waals surface area contributed by atoms with E-state index in [1.165, 1.54) is 0 Å². The standard InChI is InChI=1S/C10H19N3O2/c1-7-4-6-12-9(7)10(15)13-5-2-3-8(11)14/h7,9,12H,2-6H2,1H3,(H2,11,14)(H,13,15). The van der Waals surface area contributed by atoms with Crippen LogP contribution >= 0.6 is 0 Å². The topological polar surface area (TPSA) is 84.2 Å². The smallest absolute Gasteiger partial charge is 0.237 e. The Labute approximate surface area is 89.8 Å². The van der Waals surface area contributed by atoms with Crippen LogP contribution in [0.4, 0.5) is 0 Å². The Kier molecular flexibility index (Phi) is 4.55. The number of nitrogens with one attached hydrogen (secondary N) is 2. The first-order valence-corrected chi connectivity index (χ1v) is 5.40. The van der Waals surface area contributed by atoms with Crippen molar-refractivity contribution in [2.24, 2.45) is 11.7 Å². The van der Waals surface area contributed by atoms with Gasteiger partial charge < -0.3 is 16.4 Å². The maximum Gasteiger partial charge on any atom is 0.237 e. The van der Waals surface area contributed by atoms with Crippen LogP contribution in [-0.4, -0.2) is 30.9 Å². The summed E-state index contributed by atoms with van der Waals surface area (Å²) in [6.45, 7) is 3.49. The average Bonchev–Trinajstić information content (AvgIpc) is 2.58. The third-order valence-electron chi connectivity index (χ3n) is 2.71. The van der Waals surface area contributed by atoms with E-state index in [1.807, 2.05) is 0 Å². The second-order valence-electron chi connectivity index (χ2n) is 4.06. The zero-order chi connectivity index (χ0) is 11.3. The van der Waals surface area contributed by atoms with Gasteiger partial charge in [-0.05, 0) is 25.3 Å². The molecule has 5 heteroatoms. The molecular weight excluding hydrogens is 194 g/mol. The van der Waals surface area contributed by atoms with Crippen molar-refractivity contribution in [3.63, 3.8) is 0 Å². The summed E-state index contributed by atoms with van der Waals surface area (Å²) in [5.74, 6) is 0.0993. The summed E-state index contributed by atoms with van der Waals surface area (Å²) in [4.78, 5) is 22.1. The number of primary amides is 1. The number of rotatable bonds is 5. The molecule has 1 heterocycles. The van der Waals surface area contributed by atoms with Crippen LogP contribution in [0.2, 0.25) is 0 Å². The summed E-state index contributed by atoms with van der Waals surface area (Å²) in [5, 5.41) is 5.95. The molecule has 4 N–H and O–H groups in total. The molecule has 0 aromatic carbocycles. The van der Waals surface area contributed by atoms with Gasteiger partial charge >= 0.3 is 0 Å². The third-order valence-corrected chi connectivity index (χ3v) is 2.71. The Morgan fingerprint density at radius 2 is 2.27 bits per heavy atom. The molecule has 1 fully saturated rings. The first-order chi connectivity index (χ1) is 7.11. The highest BCUT2D eigenvalue weighted by molar-refractivity contribution is 5.82. The van der Waals surface area contributed by atoms with Gasteiger partial charge in [0.2, 0.25) is 11.8 Å². The van der Waals surface area contributed by atoms with Crippen molar-refractivity contribution in [2.75, 3.05) is 13.1 Å². The minimum atomic E-state index is -0.323. The second-order valence-corrected chi connectivity index (χ2v) is 4.06. The van der Waals surface area contributed by atoms with Crippen LogP contribution in [0.15, 0.2) is 0 Å². The molecule has 0 aromatic rings. The summed E-state index contributed by atoms with van der Waals surface area (Å²) in [6, 6.07) is -0.0708. The molecule has 5 nitrogen and oxygen atoms in total. The van der Waals surface area contributed by atoms with Gasteiger partial charge in [0.05, 0.1) is 6.04 Å². The van der Waals surface area contributed by atoms with Crippen LogP contribution in [-0.2, 0) is 9.59 Å². The van der Waals surface area contributed by atoms with Gasteiger partial charge in [-0.15, -0.1) is 0 Å². The van der Waals surface area contributed by atoms with E-state index < -0.39 is 0 Å². The fourth-order valence-electron chi connectivity index (χ4n) is 1.77. The largest absolute Gasteiger partial charge is 0.370 e. The summed E-state index contributed by atoms with van der Waals surface area (Å²) >= 11 is 0. The van der Waals surface area contributed by atoms with Gasteiger partial charge in [0.25, 0.3) is 0 Å². The van der Waals surface area contributed by atoms with Gasteiger partial charge in [-0.25, -0.2) is 0 Å². The Morgan fingerprint density at radius 1 is 1.53 bits per heavy atom. The maximum absolute atomic E-state index is 11.6. The fourth-order valence-corrected chi connectivity index (χ4v) is 1.77. The van der Waals surface area contributed by atoms with Gasteiger partial charge in [-0.3, -0.25) is 9.59 Å². The summed E-state index contributed by atoms with van der Waals surface area (Å²) in [7, 11) is 0. The predicted molar refractivity (Wildman–Crippen MR) is 57.0 cm³/mol. The fraction of sp³-hybridized carbons (Fsp3) is 0.800. The number of nitrogens with two attached hydrogens (primary N) is 1. The maximum atomic E-state index is 11.6. The molecule has 1 saturated heterocycles. The van der Waals surface area contributed by atoms with Gasteiger partial charge in [0.1, 0.15) is 0 Å². The lowest BCUT2D eigenvalue weighted by molar-refractivity contribution is -0.124. The second kappa shape index (κ2) is 5.70. The highest BCUT2D eigenvalue weighted by Gasteiger charge is 2.28. The lowest BCUT2D eigenvalue weighted by Gasteiger charge is -2.15. The first kappa shape index (κ1) is 12.0. The third kappa shape index (κ3) is 3.87. The van der Waals surface area contributed by atoms with Crippen LogP contribution in [0.5, 0.6) is 0 Å². The number of amides is 2. The van der Waals surface area contributed by atoms with Crippen molar-refractivity contribution in [3.8, 4) is 0 Å². The van der Waals surface area contributed by atoms with E-state index in [4.69, 9.17) is 5.73 Å². The minimum absolute atomic E-state index is 0.0319. The number of hydrogen-bond acceptors (Lipinski definition) is 3. The van der Waals surface area contributed by atoms with Crippen LogP contribution in [0.25, 0.3) is 0 Å². The molecule has 1 aliphatic heterocycles. The van der Waals surface area contributed by atoms with E-state index in [2.05, 4.69) is 17.6 Å². The number of carbonyl (C=O) groups excluding carboxylic acids is 2. The van der Waals surface area contributed by atoms with Crippen molar-refractivity contribution < 1.29 is 9.59 Å². The van der Waals surface area contributed by atoms with Crippen molar-refractivity contribution in [1.82, 2.24) is 10.6 Å². The predicted octanol–water partition coefficient (Wildman–Crippen LogP) is -0.634. The van der Waals surface area contributed by atoms with Gasteiger partial charge in [-0.2, -0.15) is 0 Å². The van der Waals surface area contributed by atoms with Gasteiger partial charge in [-0.1, -0.05) is 6.92 Å². The molecule has 15 heavy (non-hydrogen) atoms. The van der Waals surface area contributed by atoms with Crippen molar-refractivity contribution in [1.29, 1.82) is 0 Å². The molecule has 0 aromatic heterocycles. The monoisotopic (exact) mass is 213 g/mol. The molecule has 0 aliphatic carbocycles. The van der Waals surface area contributed by atoms with E-state index in [1.54, 1.807) is 0 Å². The lowest BCUT2D eigenvalue weighted by atomic mass is 10.0. The summed E-state index contributed by atoms with van der Waals surface area (Å²) in [6.07, 6.45) is 1.98. The molecule has 2 atom stereocenters. The molecule has 1 aliphatic rings. The summed E-state index contributed by atoms with van der Waals surface area (Å²) in [5.41, 5.74) is 4.99. The molecule has 1 rings (SSSR count). The van der Waals surface area contributed by atoms with Gasteiger partial charge in [0.15, 0.2) is 0 Å². The lowest BCUT2D eigenvalue weighted by Crippen LogP contribution is -2.43. The van der Waals surface area contributed by atoms with E-state index in [0.29, 0.717) is 25.3 Å². The van der Waals surface area contributed by atoms with Crippen molar-refractivity contribution in [2.45, 2.75) is 32.2 Å². The van der Waals surface area contributed by atoms with Crippen LogP contribution < -0.4 is 16.4 Å². The van der Waals surface area contributed by atoms with Crippen LogP contribution in [0, 0.1) is 5.92 Å². The Morgan fingerprint density at radius 3 is 2.80 bits per heavy atom. The van der Waals surface area contributed by atoms with E-state index in [-0.39, 0.29) is 17.9 Å². The summed E-state index contributed by atoms with van der Waals surface area (Å²) < 4.78 is 0. The first-order valence-electron chi connectivity index (χ1n) is 5.40. The van der Waals surface area contributed by atoms with E-state index >= 15 is 0 Å². The molecule has 0 bridgehead atoms. The van der Waals surface area contributed by atoms with Crippen molar-refractivity contribution >= 4 is 11.8 Å². The molecule has 2 unspecified atom stereocenters. The minimum Gasteiger partial charge on any atom is -0.370 e. The zero-order valence-electron chi connectivity index (χ0n) is 9.08. The Hall–Kier alpha value is -1.10. The average molecular weight is 213 g/mol. The van der Waals surface area contributed by atoms with E-state index in [0.717, 1.165) is 13.0 Å². The molecule has 0 saturated carbocycles. The molecular formula is C10H19N3O2. The Bertz CT molecular complexity index is 243. The normalized spacial score (nSPS) is 25.1. The van der Waals surface area contributed by atoms with Gasteiger partial charge in [0, 0.05) is 13.0 Å². The number of hydrogen-bond donors (Lipinski definition) is 3. The molecule has 2 amide bonds. The van der Waals surface area contributed by atoms with Crippen LogP contribution in [0.3, 0.4) is 0 Å². The number of carbonyl (C=O) groups is 2. The molecule has 0 radical (unpaired) electrons.